The van der Waals surface area contributed by atoms with Gasteiger partial charge in [-0.3, -0.25) is 4.57 Å². The maximum atomic E-state index is 11.1. The van der Waals surface area contributed by atoms with Crippen molar-refractivity contribution in [2.75, 3.05) is 20.8 Å². The van der Waals surface area contributed by atoms with Gasteiger partial charge in [0, 0.05) is 6.07 Å². The van der Waals surface area contributed by atoms with E-state index in [-0.39, 0.29) is 6.54 Å². The number of ether oxygens (including phenoxy) is 3. The summed E-state index contributed by atoms with van der Waals surface area (Å²) in [4.78, 5) is 18.6. The molecule has 0 fully saturated rings. The van der Waals surface area contributed by atoms with Gasteiger partial charge in [0.15, 0.2) is 17.1 Å². The van der Waals surface area contributed by atoms with Crippen molar-refractivity contribution in [2.24, 2.45) is 0 Å². The summed E-state index contributed by atoms with van der Waals surface area (Å²) in [5, 5.41) is 0. The predicted octanol–water partition coefficient (Wildman–Crippen LogP) is 2.22. The molecule has 0 atom stereocenters. The Balaban J connectivity index is 2.06. The predicted molar refractivity (Wildman–Crippen MR) is 126 cm³/mol. The average molecular weight is 485 g/mol. The number of pyridine rings is 1. The third kappa shape index (κ3) is 4.50. The van der Waals surface area contributed by atoms with Gasteiger partial charge in [-0.15, -0.1) is 0 Å². The normalized spacial score (nSPS) is 11.2. The highest BCUT2D eigenvalue weighted by Crippen LogP contribution is 2.37. The first-order valence-electron chi connectivity index (χ1n) is 10.4. The highest BCUT2D eigenvalue weighted by Gasteiger charge is 2.24. The number of rotatable bonds is 9. The summed E-state index contributed by atoms with van der Waals surface area (Å²) < 4.78 is 43.1. The van der Waals surface area contributed by atoms with Crippen molar-refractivity contribution >= 4 is 22.2 Å². The molecule has 0 saturated heterocycles. The average Bonchev–Trinajstić information content (AvgIpc) is 3.19. The Morgan fingerprint density at radius 1 is 0.971 bits per heavy atom. The van der Waals surface area contributed by atoms with Crippen LogP contribution in [0.1, 0.15) is 18.3 Å². The van der Waals surface area contributed by atoms with Crippen LogP contribution in [-0.2, 0) is 17.4 Å². The second kappa shape index (κ2) is 10.0. The maximum absolute atomic E-state index is 11.1. The molecule has 178 valence electrons. The minimum atomic E-state index is -2.79. The number of thiol groups is 1. The zero-order valence-electron chi connectivity index (χ0n) is 19.1. The minimum absolute atomic E-state index is 0.00484. The highest BCUT2D eigenvalue weighted by atomic mass is 32.2. The summed E-state index contributed by atoms with van der Waals surface area (Å²) in [6.45, 7) is 4.09. The number of aryl methyl sites for hydroxylation is 1. The fourth-order valence-electron chi connectivity index (χ4n) is 3.52. The number of aromatic nitrogens is 5. The van der Waals surface area contributed by atoms with Gasteiger partial charge < -0.3 is 14.2 Å². The maximum Gasteiger partial charge on any atom is 0.213 e. The van der Waals surface area contributed by atoms with Crippen molar-refractivity contribution in [1.82, 2.24) is 29.2 Å². The van der Waals surface area contributed by atoms with Gasteiger partial charge in [0.1, 0.15) is 22.9 Å². The fraction of sp³-hybridized carbons (Fsp3) is 0.273. The number of benzene rings is 1. The van der Waals surface area contributed by atoms with Crippen LogP contribution in [0.4, 0.5) is 0 Å². The number of fused-ring (bicyclic) bond motifs is 1. The molecule has 0 saturated carbocycles. The molecule has 0 amide bonds. The second-order valence-corrected chi connectivity index (χ2v) is 7.90. The smallest absolute Gasteiger partial charge is 0.213 e. The van der Waals surface area contributed by atoms with E-state index in [0.717, 1.165) is 0 Å². The third-order valence-corrected chi connectivity index (χ3v) is 5.43. The van der Waals surface area contributed by atoms with Crippen LogP contribution < -0.4 is 18.9 Å². The Kier molecular flexibility index (Phi) is 6.89. The Labute approximate surface area is 197 Å². The van der Waals surface area contributed by atoms with Crippen LogP contribution in [0.25, 0.3) is 28.5 Å². The summed E-state index contributed by atoms with van der Waals surface area (Å²) in [7, 11) is 0.324. The number of methoxy groups -OCH3 is 2. The molecule has 0 radical (unpaired) electrons. The zero-order valence-corrected chi connectivity index (χ0v) is 20.0. The number of nitrogens with one attached hydrogen (secondary N) is 1. The van der Waals surface area contributed by atoms with Gasteiger partial charge in [0.25, 0.3) is 0 Å². The van der Waals surface area contributed by atoms with E-state index in [9.17, 15) is 8.42 Å². The molecule has 1 N–H and O–H groups in total. The van der Waals surface area contributed by atoms with Crippen LogP contribution >= 0.6 is 0 Å². The summed E-state index contributed by atoms with van der Waals surface area (Å²) >= 11 is 0. The Bertz CT molecular complexity index is 1390. The molecule has 1 aromatic carbocycles. The lowest BCUT2D eigenvalue weighted by Crippen LogP contribution is -2.14. The van der Waals surface area contributed by atoms with Crippen LogP contribution in [0, 0.1) is 6.92 Å². The minimum Gasteiger partial charge on any atom is -0.494 e. The molecular weight excluding hydrogens is 460 g/mol. The molecule has 0 aliphatic rings. The lowest BCUT2D eigenvalue weighted by molar-refractivity contribution is 0.327. The van der Waals surface area contributed by atoms with Crippen molar-refractivity contribution in [3.05, 3.63) is 47.8 Å². The molecule has 3 aromatic heterocycles. The number of nitrogens with zero attached hydrogens (tertiary/aromatic N) is 5. The fourth-order valence-corrected chi connectivity index (χ4v) is 3.80. The zero-order chi connectivity index (χ0) is 24.2. The second-order valence-electron chi connectivity index (χ2n) is 7.07. The quantitative estimate of drug-likeness (QED) is 0.343. The SMILES string of the molecule is CCOc1cccc(-c2nc3nc(C)c(CN[SH](=O)=O)nc3n2-c2c(OC)cccc2OC)n1. The van der Waals surface area contributed by atoms with Gasteiger partial charge in [0.2, 0.25) is 16.8 Å². The summed E-state index contributed by atoms with van der Waals surface area (Å²) in [5.74, 6) is 1.93. The van der Waals surface area contributed by atoms with Crippen LogP contribution in [0.2, 0.25) is 0 Å². The van der Waals surface area contributed by atoms with E-state index in [2.05, 4.69) is 14.7 Å². The number of hydrogen-bond acceptors (Lipinski definition) is 9. The molecule has 3 heterocycles. The van der Waals surface area contributed by atoms with E-state index in [1.54, 1.807) is 50.0 Å². The van der Waals surface area contributed by atoms with Gasteiger partial charge in [-0.2, -0.15) is 0 Å². The van der Waals surface area contributed by atoms with E-state index in [4.69, 9.17) is 24.2 Å². The monoisotopic (exact) mass is 484 g/mol. The molecule has 0 aliphatic heterocycles. The Morgan fingerprint density at radius 2 is 1.68 bits per heavy atom. The van der Waals surface area contributed by atoms with Gasteiger partial charge >= 0.3 is 0 Å². The van der Waals surface area contributed by atoms with Crippen molar-refractivity contribution in [3.63, 3.8) is 0 Å². The van der Waals surface area contributed by atoms with Crippen molar-refractivity contribution in [3.8, 4) is 34.6 Å². The van der Waals surface area contributed by atoms with E-state index >= 15 is 0 Å². The molecular formula is C22H24N6O5S. The Hall–Kier alpha value is -3.77. The molecule has 0 aliphatic carbocycles. The molecule has 4 rings (SSSR count). The van der Waals surface area contributed by atoms with E-state index in [1.807, 2.05) is 19.1 Å². The van der Waals surface area contributed by atoms with Crippen LogP contribution in [0.15, 0.2) is 36.4 Å². The van der Waals surface area contributed by atoms with Crippen LogP contribution in [0.5, 0.6) is 17.4 Å². The van der Waals surface area contributed by atoms with Crippen LogP contribution in [0.3, 0.4) is 0 Å². The standard InChI is InChI=1S/C22H24N6O5S/c1-5-33-18-11-6-8-14(25-18)21-27-20-22(26-15(13(2)24-20)12-23-34(29)30)28(21)19-16(31-3)9-7-10-17(19)32-4/h6-11,34H,5,12H2,1-4H3,(H,23,29,30). The topological polar surface area (TPSA) is 130 Å². The summed E-state index contributed by atoms with van der Waals surface area (Å²) in [5.41, 5.74) is 2.85. The molecule has 11 nitrogen and oxygen atoms in total. The van der Waals surface area contributed by atoms with Crippen molar-refractivity contribution in [2.45, 2.75) is 20.4 Å². The molecule has 0 spiro atoms. The first kappa shape index (κ1) is 23.4. The van der Waals surface area contributed by atoms with Crippen molar-refractivity contribution < 1.29 is 22.6 Å². The number of imidazole rings is 1. The summed E-state index contributed by atoms with van der Waals surface area (Å²) in [6.07, 6.45) is 0. The molecule has 34 heavy (non-hydrogen) atoms. The van der Waals surface area contributed by atoms with Crippen molar-refractivity contribution in [1.29, 1.82) is 0 Å². The van der Waals surface area contributed by atoms with Gasteiger partial charge in [-0.05, 0) is 32.0 Å². The van der Waals surface area contributed by atoms with Gasteiger partial charge in [0.05, 0.1) is 38.8 Å². The number of hydrogen-bond donors (Lipinski definition) is 2. The van der Waals surface area contributed by atoms with Gasteiger partial charge in [-0.25, -0.2) is 33.1 Å². The largest absolute Gasteiger partial charge is 0.494 e. The lowest BCUT2D eigenvalue weighted by atomic mass is 10.2. The molecule has 0 unspecified atom stereocenters. The lowest BCUT2D eigenvalue weighted by Gasteiger charge is -2.16. The van der Waals surface area contributed by atoms with Gasteiger partial charge in [-0.1, -0.05) is 12.1 Å². The first-order chi connectivity index (χ1) is 16.5. The highest BCUT2D eigenvalue weighted by molar-refractivity contribution is 7.70. The Morgan fingerprint density at radius 3 is 2.32 bits per heavy atom. The van der Waals surface area contributed by atoms with E-state index in [1.165, 1.54) is 0 Å². The van der Waals surface area contributed by atoms with Crippen LogP contribution in [-0.4, -0.2) is 53.7 Å². The third-order valence-electron chi connectivity index (χ3n) is 5.01. The molecule has 12 heteroatoms. The molecule has 4 aromatic rings. The van der Waals surface area contributed by atoms with E-state index in [0.29, 0.717) is 63.9 Å². The van der Waals surface area contributed by atoms with E-state index < -0.39 is 10.9 Å². The first-order valence-corrected chi connectivity index (χ1v) is 11.6. The number of para-hydroxylation sites is 1. The molecule has 0 bridgehead atoms. The summed E-state index contributed by atoms with van der Waals surface area (Å²) in [6, 6.07) is 10.8.